The Morgan fingerprint density at radius 2 is 1.80 bits per heavy atom. The Morgan fingerprint density at radius 3 is 2.46 bits per heavy atom. The zero-order valence-corrected chi connectivity index (χ0v) is 28.9. The zero-order chi connectivity index (χ0) is 34.2. The molecular weight excluding hydrogens is 631 g/mol. The van der Waals surface area contributed by atoms with Crippen molar-refractivity contribution in [3.8, 4) is 0 Å². The number of amides is 2. The molecule has 0 aliphatic carbocycles. The number of benzene rings is 1. The number of H-pyrrole nitrogens is 1. The highest BCUT2D eigenvalue weighted by atomic mass is 33.1. The Morgan fingerprint density at radius 1 is 1.11 bits per heavy atom. The number of carbonyl (C=O) groups is 6. The number of aromatic amines is 1. The highest BCUT2D eigenvalue weighted by molar-refractivity contribution is 8.77. The van der Waals surface area contributed by atoms with Crippen LogP contribution < -0.4 is 5.32 Å². The summed E-state index contributed by atoms with van der Waals surface area (Å²) in [6, 6.07) is 5.77. The molecule has 2 aromatic rings. The average Bonchev–Trinajstić information content (AvgIpc) is 3.62. The van der Waals surface area contributed by atoms with Crippen molar-refractivity contribution in [3.63, 3.8) is 0 Å². The molecule has 3 rings (SSSR count). The minimum Gasteiger partial charge on any atom is -0.481 e. The van der Waals surface area contributed by atoms with E-state index < -0.39 is 59.6 Å². The third-order valence-electron chi connectivity index (χ3n) is 7.69. The molecule has 1 aliphatic heterocycles. The lowest BCUT2D eigenvalue weighted by Gasteiger charge is -2.30. The van der Waals surface area contributed by atoms with E-state index in [4.69, 9.17) is 9.84 Å². The van der Waals surface area contributed by atoms with Gasteiger partial charge >= 0.3 is 11.9 Å². The van der Waals surface area contributed by atoms with Crippen LogP contribution >= 0.6 is 21.6 Å². The number of esters is 1. The summed E-state index contributed by atoms with van der Waals surface area (Å²) in [5.41, 5.74) is 1.81. The summed E-state index contributed by atoms with van der Waals surface area (Å²) in [7, 11) is 3.00. The van der Waals surface area contributed by atoms with E-state index in [1.54, 1.807) is 10.8 Å². The van der Waals surface area contributed by atoms with E-state index in [0.29, 0.717) is 19.3 Å². The van der Waals surface area contributed by atoms with Crippen LogP contribution in [-0.4, -0.2) is 85.5 Å². The van der Waals surface area contributed by atoms with Gasteiger partial charge in [-0.1, -0.05) is 67.5 Å². The van der Waals surface area contributed by atoms with Gasteiger partial charge in [-0.3, -0.25) is 19.2 Å². The molecule has 1 saturated heterocycles. The summed E-state index contributed by atoms with van der Waals surface area (Å²) in [4.78, 5) is 81.4. The normalized spacial score (nSPS) is 17.6. The standard InChI is InChI=1S/C33H45N3O8S2/c1-19(31(41)42)14-28(38)21(3)44-32(43)27-12-9-13-36(27)30(40)26(18-45-46-33(4,5)6)35-29(39)22(15-20(2)37)16-23-17-34-25-11-8-7-10-24(23)25/h7-8,10-11,17,19,21-22,26-27,34H,9,12-16,18H2,1-6H3,(H,35,39)(H,41,42)/t19-,21+,22+,26-,27+/m1/s1. The molecule has 11 nitrogen and oxygen atoms in total. The molecule has 2 heterocycles. The van der Waals surface area contributed by atoms with E-state index >= 15 is 0 Å². The van der Waals surface area contributed by atoms with Crippen molar-refractivity contribution >= 4 is 67.8 Å². The van der Waals surface area contributed by atoms with E-state index in [-0.39, 0.29) is 35.7 Å². The number of carbonyl (C=O) groups excluding carboxylic acids is 5. The first-order chi connectivity index (χ1) is 21.6. The summed E-state index contributed by atoms with van der Waals surface area (Å²) in [5.74, 6) is -4.82. The van der Waals surface area contributed by atoms with Gasteiger partial charge in [0.05, 0.1) is 5.92 Å². The fraction of sp³-hybridized carbons (Fsp3) is 0.576. The first-order valence-corrected chi connectivity index (χ1v) is 17.8. The van der Waals surface area contributed by atoms with E-state index in [0.717, 1.165) is 16.5 Å². The van der Waals surface area contributed by atoms with Gasteiger partial charge in [0.15, 0.2) is 11.9 Å². The van der Waals surface area contributed by atoms with Crippen LogP contribution in [0.1, 0.15) is 72.8 Å². The molecule has 1 aromatic heterocycles. The first-order valence-electron chi connectivity index (χ1n) is 15.5. The van der Waals surface area contributed by atoms with E-state index in [2.05, 4.69) is 10.3 Å². The number of carboxylic acid groups (broad SMARTS) is 1. The van der Waals surface area contributed by atoms with Crippen molar-refractivity contribution in [2.45, 2.75) is 96.6 Å². The second kappa shape index (κ2) is 16.5. The summed E-state index contributed by atoms with van der Waals surface area (Å²) >= 11 is 0. The number of aromatic nitrogens is 1. The van der Waals surface area contributed by atoms with Gasteiger partial charge in [0.25, 0.3) is 0 Å². The van der Waals surface area contributed by atoms with Crippen molar-refractivity contribution in [1.82, 2.24) is 15.2 Å². The molecule has 0 spiro atoms. The Balaban J connectivity index is 1.78. The van der Waals surface area contributed by atoms with Crippen LogP contribution in [0.15, 0.2) is 30.5 Å². The number of fused-ring (bicyclic) bond motifs is 1. The predicted octanol–water partition coefficient (Wildman–Crippen LogP) is 4.57. The number of para-hydroxylation sites is 1. The highest BCUT2D eigenvalue weighted by Gasteiger charge is 2.40. The predicted molar refractivity (Wildman–Crippen MR) is 179 cm³/mol. The Labute approximate surface area is 277 Å². The third-order valence-corrected chi connectivity index (χ3v) is 11.0. The van der Waals surface area contributed by atoms with Gasteiger partial charge < -0.3 is 29.8 Å². The molecule has 5 atom stereocenters. The van der Waals surface area contributed by atoms with Crippen LogP contribution in [0.2, 0.25) is 0 Å². The number of likely N-dealkylation sites (tertiary alicyclic amines) is 1. The van der Waals surface area contributed by atoms with Gasteiger partial charge in [0.1, 0.15) is 17.9 Å². The minimum atomic E-state index is -1.17. The second-order valence-corrected chi connectivity index (χ2v) is 16.1. The largest absolute Gasteiger partial charge is 0.481 e. The number of carboxylic acids is 1. The van der Waals surface area contributed by atoms with Crippen LogP contribution in [-0.2, 0) is 39.9 Å². The molecule has 1 aliphatic rings. The minimum absolute atomic E-state index is 0.00120. The molecule has 13 heteroatoms. The molecule has 1 fully saturated rings. The van der Waals surface area contributed by atoms with E-state index in [9.17, 15) is 28.8 Å². The van der Waals surface area contributed by atoms with Gasteiger partial charge in [-0.15, -0.1) is 0 Å². The number of nitrogens with one attached hydrogen (secondary N) is 2. The lowest BCUT2D eigenvalue weighted by molar-refractivity contribution is -0.161. The second-order valence-electron chi connectivity index (χ2n) is 12.9. The lowest BCUT2D eigenvalue weighted by Crippen LogP contribution is -2.54. The number of Topliss-reactive ketones (excluding diaryl/α,β-unsaturated/α-hetero) is 2. The molecule has 46 heavy (non-hydrogen) atoms. The zero-order valence-electron chi connectivity index (χ0n) is 27.3. The van der Waals surface area contributed by atoms with Gasteiger partial charge in [-0.2, -0.15) is 0 Å². The highest BCUT2D eigenvalue weighted by Crippen LogP contribution is 2.36. The Bertz CT molecular complexity index is 1440. The van der Waals surface area contributed by atoms with Gasteiger partial charge in [0.2, 0.25) is 11.8 Å². The topological polar surface area (TPSA) is 163 Å². The summed E-state index contributed by atoms with van der Waals surface area (Å²) in [6.07, 6.45) is 1.54. The number of rotatable bonds is 16. The summed E-state index contributed by atoms with van der Waals surface area (Å²) in [5, 5.41) is 13.0. The smallest absolute Gasteiger partial charge is 0.329 e. The fourth-order valence-electron chi connectivity index (χ4n) is 5.26. The molecular formula is C33H45N3O8S2. The number of aliphatic carboxylic acids is 1. The summed E-state index contributed by atoms with van der Waals surface area (Å²) in [6.45, 7) is 10.6. The summed E-state index contributed by atoms with van der Waals surface area (Å²) < 4.78 is 5.29. The number of ketones is 2. The quantitative estimate of drug-likeness (QED) is 0.170. The van der Waals surface area contributed by atoms with Crippen molar-refractivity contribution in [2.75, 3.05) is 12.3 Å². The number of nitrogens with zero attached hydrogens (tertiary/aromatic N) is 1. The average molecular weight is 676 g/mol. The van der Waals surface area contributed by atoms with Gasteiger partial charge in [-0.25, -0.2) is 4.79 Å². The maximum Gasteiger partial charge on any atom is 0.329 e. The van der Waals surface area contributed by atoms with Crippen LogP contribution in [0.25, 0.3) is 10.9 Å². The Kier molecular flexibility index (Phi) is 13.3. The molecule has 0 unspecified atom stereocenters. The number of hydrogen-bond donors (Lipinski definition) is 3. The van der Waals surface area contributed by atoms with Crippen molar-refractivity contribution in [3.05, 3.63) is 36.0 Å². The molecule has 0 saturated carbocycles. The van der Waals surface area contributed by atoms with Gasteiger partial charge in [-0.05, 0) is 44.7 Å². The van der Waals surface area contributed by atoms with Crippen molar-refractivity contribution in [2.24, 2.45) is 11.8 Å². The molecule has 252 valence electrons. The fourth-order valence-corrected chi connectivity index (χ4v) is 7.72. The maximum atomic E-state index is 14.0. The molecule has 3 N–H and O–H groups in total. The number of ether oxygens (including phenoxy) is 1. The molecule has 2 amide bonds. The van der Waals surface area contributed by atoms with Crippen LogP contribution in [0.5, 0.6) is 0 Å². The van der Waals surface area contributed by atoms with E-state index in [1.165, 1.54) is 36.5 Å². The molecule has 0 radical (unpaired) electrons. The lowest BCUT2D eigenvalue weighted by atomic mass is 9.93. The van der Waals surface area contributed by atoms with Crippen molar-refractivity contribution < 1.29 is 38.6 Å². The number of hydrogen-bond acceptors (Lipinski definition) is 9. The Hall–Kier alpha value is -3.32. The third kappa shape index (κ3) is 10.6. The first kappa shape index (κ1) is 37.1. The SMILES string of the molecule is CC(=O)C[C@@H](Cc1c[nH]c2ccccc12)C(=O)N[C@H](CSSC(C)(C)C)C(=O)N1CCC[C@H]1C(=O)O[C@@H](C)C(=O)C[C@@H](C)C(=O)O. The van der Waals surface area contributed by atoms with Crippen LogP contribution in [0.3, 0.4) is 0 Å². The van der Waals surface area contributed by atoms with Gasteiger partial charge in [0, 0.05) is 52.9 Å². The molecule has 1 aromatic carbocycles. The monoisotopic (exact) mass is 675 g/mol. The maximum absolute atomic E-state index is 14.0. The van der Waals surface area contributed by atoms with E-state index in [1.807, 2.05) is 51.2 Å². The molecule has 0 bridgehead atoms. The van der Waals surface area contributed by atoms with Crippen molar-refractivity contribution in [1.29, 1.82) is 0 Å². The van der Waals surface area contributed by atoms with Crippen LogP contribution in [0.4, 0.5) is 0 Å². The van der Waals surface area contributed by atoms with Crippen LogP contribution in [0, 0.1) is 11.8 Å².